The predicted molar refractivity (Wildman–Crippen MR) is 122 cm³/mol. The van der Waals surface area contributed by atoms with E-state index >= 15 is 0 Å². The number of anilines is 1. The number of nitrogens with two attached hydrogens (primary N) is 1. The number of nitrogens with zero attached hydrogens (tertiary/aromatic N) is 6. The van der Waals surface area contributed by atoms with E-state index < -0.39 is 5.91 Å². The van der Waals surface area contributed by atoms with Crippen LogP contribution in [0.5, 0.6) is 0 Å². The van der Waals surface area contributed by atoms with Gasteiger partial charge >= 0.3 is 0 Å². The number of rotatable bonds is 5. The topological polar surface area (TPSA) is 124 Å². The summed E-state index contributed by atoms with van der Waals surface area (Å²) >= 11 is 6.18. The first-order valence-electron chi connectivity index (χ1n) is 9.82. The smallest absolute Gasteiger partial charge is 0.274 e. The zero-order valence-electron chi connectivity index (χ0n) is 17.8. The Balaban J connectivity index is 1.77. The molecule has 0 aliphatic carbocycles. The number of nitrogen functional groups attached to an aromatic ring is 1. The largest absolute Gasteiger partial charge is 0.382 e. The van der Waals surface area contributed by atoms with Crippen LogP contribution in [0, 0.1) is 13.8 Å². The van der Waals surface area contributed by atoms with Gasteiger partial charge < -0.3 is 11.1 Å². The van der Waals surface area contributed by atoms with Gasteiger partial charge in [-0.05, 0) is 43.7 Å². The molecule has 32 heavy (non-hydrogen) atoms. The van der Waals surface area contributed by atoms with Crippen LogP contribution in [0.4, 0.5) is 5.82 Å². The molecule has 4 heterocycles. The van der Waals surface area contributed by atoms with Gasteiger partial charge in [0.25, 0.3) is 5.91 Å². The van der Waals surface area contributed by atoms with E-state index in [4.69, 9.17) is 17.3 Å². The molecule has 0 atom stereocenters. The van der Waals surface area contributed by atoms with Crippen molar-refractivity contribution in [1.82, 2.24) is 35.0 Å². The maximum absolute atomic E-state index is 12.9. The third kappa shape index (κ3) is 4.42. The van der Waals surface area contributed by atoms with Crippen molar-refractivity contribution in [3.8, 4) is 22.6 Å². The summed E-state index contributed by atoms with van der Waals surface area (Å²) in [6, 6.07) is 9.05. The van der Waals surface area contributed by atoms with Crippen LogP contribution < -0.4 is 11.1 Å². The minimum Gasteiger partial charge on any atom is -0.382 e. The summed E-state index contributed by atoms with van der Waals surface area (Å²) in [5.74, 6) is -0.452. The second kappa shape index (κ2) is 8.72. The molecule has 0 aliphatic heterocycles. The molecule has 162 valence electrons. The van der Waals surface area contributed by atoms with Crippen molar-refractivity contribution in [3.05, 3.63) is 70.5 Å². The number of aryl methyl sites for hydroxylation is 3. The molecular formula is C22H21ClN8O. The van der Waals surface area contributed by atoms with Gasteiger partial charge in [-0.15, -0.1) is 0 Å². The van der Waals surface area contributed by atoms with E-state index in [-0.39, 0.29) is 18.1 Å². The number of carbonyl (C=O) groups is 1. The molecule has 0 saturated heterocycles. The Morgan fingerprint density at radius 1 is 1.16 bits per heavy atom. The minimum atomic E-state index is -0.453. The molecule has 0 spiro atoms. The Hall–Kier alpha value is -3.85. The molecule has 0 bridgehead atoms. The summed E-state index contributed by atoms with van der Waals surface area (Å²) < 4.78 is 1.65. The van der Waals surface area contributed by atoms with Gasteiger partial charge in [-0.25, -0.2) is 15.0 Å². The fourth-order valence-corrected chi connectivity index (χ4v) is 3.50. The summed E-state index contributed by atoms with van der Waals surface area (Å²) in [6.07, 6.45) is 3.47. The Morgan fingerprint density at radius 3 is 2.66 bits per heavy atom. The van der Waals surface area contributed by atoms with Crippen LogP contribution in [0.15, 0.2) is 42.7 Å². The van der Waals surface area contributed by atoms with Crippen molar-refractivity contribution < 1.29 is 4.79 Å². The molecule has 0 aromatic carbocycles. The average Bonchev–Trinajstić information content (AvgIpc) is 3.18. The molecule has 4 aromatic heterocycles. The molecule has 1 amide bonds. The lowest BCUT2D eigenvalue weighted by molar-refractivity contribution is 0.0946. The number of halogens is 1. The number of pyridine rings is 2. The second-order valence-corrected chi connectivity index (χ2v) is 7.69. The van der Waals surface area contributed by atoms with Crippen molar-refractivity contribution in [2.75, 3.05) is 5.73 Å². The fraction of sp³-hybridized carbons (Fsp3) is 0.182. The van der Waals surface area contributed by atoms with Gasteiger partial charge in [0.05, 0.1) is 17.9 Å². The maximum atomic E-state index is 12.9. The Labute approximate surface area is 189 Å². The number of hydrogen-bond acceptors (Lipinski definition) is 7. The van der Waals surface area contributed by atoms with Gasteiger partial charge in [-0.3, -0.25) is 14.5 Å². The summed E-state index contributed by atoms with van der Waals surface area (Å²) in [7, 11) is 1.80. The first-order valence-corrected chi connectivity index (χ1v) is 10.2. The van der Waals surface area contributed by atoms with Gasteiger partial charge in [-0.2, -0.15) is 5.10 Å². The Morgan fingerprint density at radius 2 is 1.97 bits per heavy atom. The number of nitrogens with one attached hydrogen (secondary N) is 1. The molecular weight excluding hydrogens is 428 g/mol. The molecule has 0 aliphatic rings. The Kier molecular flexibility index (Phi) is 5.83. The SMILES string of the molecule is Cc1cc(-c2nc(C(=O)NCc3ncccc3C)c(N)nc2-c2ccn(C)n2)cc(Cl)n1. The second-order valence-electron chi connectivity index (χ2n) is 7.30. The number of amides is 1. The lowest BCUT2D eigenvalue weighted by atomic mass is 10.1. The monoisotopic (exact) mass is 448 g/mol. The quantitative estimate of drug-likeness (QED) is 0.449. The van der Waals surface area contributed by atoms with Crippen molar-refractivity contribution in [3.63, 3.8) is 0 Å². The molecule has 3 N–H and O–H groups in total. The standard InChI is InChI=1S/C22H21ClN8O/c1-12-5-4-7-25-16(12)11-26-22(32)20-21(24)29-19(15-6-8-31(3)30-15)18(28-20)14-9-13(2)27-17(23)10-14/h4-10H,11H2,1-3H3,(H2,24,29)(H,26,32). The predicted octanol–water partition coefficient (Wildman–Crippen LogP) is 3.12. The van der Waals surface area contributed by atoms with E-state index in [9.17, 15) is 4.79 Å². The highest BCUT2D eigenvalue weighted by Gasteiger charge is 2.21. The van der Waals surface area contributed by atoms with Crippen LogP contribution in [0.2, 0.25) is 5.15 Å². The van der Waals surface area contributed by atoms with Crippen LogP contribution in [0.25, 0.3) is 22.6 Å². The van der Waals surface area contributed by atoms with Crippen LogP contribution in [0.3, 0.4) is 0 Å². The van der Waals surface area contributed by atoms with Crippen LogP contribution >= 0.6 is 11.6 Å². The highest BCUT2D eigenvalue weighted by Crippen LogP contribution is 2.31. The van der Waals surface area contributed by atoms with E-state index in [0.29, 0.717) is 33.5 Å². The Bertz CT molecular complexity index is 1300. The van der Waals surface area contributed by atoms with Gasteiger partial charge in [0.2, 0.25) is 0 Å². The van der Waals surface area contributed by atoms with Crippen molar-refractivity contribution >= 4 is 23.3 Å². The van der Waals surface area contributed by atoms with Crippen molar-refractivity contribution in [2.24, 2.45) is 7.05 Å². The average molecular weight is 449 g/mol. The summed E-state index contributed by atoms with van der Waals surface area (Å²) in [5, 5.41) is 7.54. The number of carbonyl (C=O) groups excluding carboxylic acids is 1. The first-order chi connectivity index (χ1) is 15.3. The lowest BCUT2D eigenvalue weighted by Crippen LogP contribution is -2.26. The van der Waals surface area contributed by atoms with Crippen LogP contribution in [-0.2, 0) is 13.6 Å². The molecule has 9 nitrogen and oxygen atoms in total. The van der Waals surface area contributed by atoms with Crippen molar-refractivity contribution in [1.29, 1.82) is 0 Å². The molecule has 10 heteroatoms. The normalized spacial score (nSPS) is 10.9. The van der Waals surface area contributed by atoms with Crippen LogP contribution in [0.1, 0.15) is 27.4 Å². The molecule has 0 fully saturated rings. The van der Waals surface area contributed by atoms with Gasteiger partial charge in [-0.1, -0.05) is 17.7 Å². The first kappa shape index (κ1) is 21.4. The number of aromatic nitrogens is 6. The van der Waals surface area contributed by atoms with E-state index in [0.717, 1.165) is 11.3 Å². The molecule has 4 aromatic rings. The summed E-state index contributed by atoms with van der Waals surface area (Å²) in [5.41, 5.74) is 10.7. The molecule has 0 unspecified atom stereocenters. The lowest BCUT2D eigenvalue weighted by Gasteiger charge is -2.13. The van der Waals surface area contributed by atoms with Crippen LogP contribution in [-0.4, -0.2) is 35.6 Å². The fourth-order valence-electron chi connectivity index (χ4n) is 3.25. The van der Waals surface area contributed by atoms with Crippen molar-refractivity contribution in [2.45, 2.75) is 20.4 Å². The molecule has 4 rings (SSSR count). The highest BCUT2D eigenvalue weighted by atomic mass is 35.5. The highest BCUT2D eigenvalue weighted by molar-refractivity contribution is 6.29. The zero-order valence-corrected chi connectivity index (χ0v) is 18.6. The van der Waals surface area contributed by atoms with Gasteiger partial charge in [0.1, 0.15) is 16.5 Å². The van der Waals surface area contributed by atoms with E-state index in [2.05, 4.69) is 30.4 Å². The van der Waals surface area contributed by atoms with Gasteiger partial charge in [0.15, 0.2) is 11.5 Å². The number of hydrogen-bond donors (Lipinski definition) is 2. The summed E-state index contributed by atoms with van der Waals surface area (Å²) in [6.45, 7) is 3.99. The third-order valence-electron chi connectivity index (χ3n) is 4.82. The van der Waals surface area contributed by atoms with E-state index in [1.165, 1.54) is 0 Å². The summed E-state index contributed by atoms with van der Waals surface area (Å²) in [4.78, 5) is 30.5. The van der Waals surface area contributed by atoms with E-state index in [1.54, 1.807) is 36.3 Å². The minimum absolute atomic E-state index is 0.00141. The zero-order chi connectivity index (χ0) is 22.8. The third-order valence-corrected chi connectivity index (χ3v) is 5.02. The molecule has 0 radical (unpaired) electrons. The molecule has 0 saturated carbocycles. The maximum Gasteiger partial charge on any atom is 0.274 e. The van der Waals surface area contributed by atoms with Gasteiger partial charge in [0, 0.05) is 30.7 Å². The van der Waals surface area contributed by atoms with E-state index in [1.807, 2.05) is 32.0 Å².